The first-order valence-electron chi connectivity index (χ1n) is 18.3. The van der Waals surface area contributed by atoms with Gasteiger partial charge in [-0.15, -0.1) is 0 Å². The Hall–Kier alpha value is -5.49. The number of nitrogens with two attached hydrogens (primary N) is 2. The van der Waals surface area contributed by atoms with Crippen LogP contribution in [0.5, 0.6) is 0 Å². The highest BCUT2D eigenvalue weighted by Crippen LogP contribution is 2.34. The monoisotopic (exact) mass is 801 g/mol. The van der Waals surface area contributed by atoms with Gasteiger partial charge in [0.05, 0.1) is 18.3 Å². The van der Waals surface area contributed by atoms with Gasteiger partial charge in [-0.1, -0.05) is 22.9 Å². The number of aromatic nitrogens is 7. The highest BCUT2D eigenvalue weighted by atomic mass is 35.5. The maximum Gasteiger partial charge on any atom is 0.219 e. The minimum Gasteiger partial charge on any atom is -0.384 e. The number of amides is 2. The summed E-state index contributed by atoms with van der Waals surface area (Å²) in [4.78, 5) is 59.5. The molecule has 0 spiro atoms. The van der Waals surface area contributed by atoms with Gasteiger partial charge >= 0.3 is 0 Å². The van der Waals surface area contributed by atoms with Crippen LogP contribution < -0.4 is 37.2 Å². The van der Waals surface area contributed by atoms with Crippen LogP contribution in [0.4, 0.5) is 34.2 Å². The number of likely N-dealkylation sites (tertiary alicyclic amines) is 2. The number of nitriles is 1. The SMILES string of the molecule is CC(=O)N1C[C@@H]2C[C@H]1CN2.CC(=O)N1C[C@@H]2C[C@H]1CN2c1cc(N)ncn1.N#Cc1cnc(Nc2cc(N3C[C@@H]4C[C@H]3CN4)ncn2)s1.Nc1cc(Cl)ncn1. The first-order valence-corrected chi connectivity index (χ1v) is 19.5. The van der Waals surface area contributed by atoms with Crippen LogP contribution in [-0.2, 0) is 9.59 Å². The van der Waals surface area contributed by atoms with E-state index in [1.54, 1.807) is 32.4 Å². The molecule has 6 aliphatic rings. The predicted molar refractivity (Wildman–Crippen MR) is 212 cm³/mol. The summed E-state index contributed by atoms with van der Waals surface area (Å²) in [5.74, 6) is 3.79. The number of hydrogen-bond acceptors (Lipinski definition) is 18. The molecule has 4 aromatic rings. The molecule has 2 amide bonds. The van der Waals surface area contributed by atoms with Crippen LogP contribution in [0, 0.1) is 11.3 Å². The minimum atomic E-state index is 0.166. The second-order valence-electron chi connectivity index (χ2n) is 14.3. The van der Waals surface area contributed by atoms with Crippen LogP contribution in [0.15, 0.2) is 43.4 Å². The summed E-state index contributed by atoms with van der Waals surface area (Å²) >= 11 is 6.72. The number of fused-ring (bicyclic) bond motifs is 6. The Bertz CT molecular complexity index is 2050. The summed E-state index contributed by atoms with van der Waals surface area (Å²) in [6, 6.07) is 10.2. The van der Waals surface area contributed by atoms with Crippen LogP contribution in [0.1, 0.15) is 38.0 Å². The Balaban J connectivity index is 0.000000122. The molecule has 6 fully saturated rings. The van der Waals surface area contributed by atoms with E-state index in [0.29, 0.717) is 68.9 Å². The number of piperazine rings is 3. The molecule has 0 aliphatic carbocycles. The molecule has 10 rings (SSSR count). The summed E-state index contributed by atoms with van der Waals surface area (Å²) in [6.45, 7) is 8.88. The quantitative estimate of drug-likeness (QED) is 0.182. The van der Waals surface area contributed by atoms with E-state index in [9.17, 15) is 9.59 Å². The van der Waals surface area contributed by atoms with Crippen molar-refractivity contribution in [3.8, 4) is 6.07 Å². The van der Waals surface area contributed by atoms with E-state index in [-0.39, 0.29) is 11.8 Å². The lowest BCUT2D eigenvalue weighted by Crippen LogP contribution is -2.48. The van der Waals surface area contributed by atoms with Gasteiger partial charge in [0.2, 0.25) is 11.8 Å². The molecule has 6 aliphatic heterocycles. The Morgan fingerprint density at radius 3 is 1.89 bits per heavy atom. The first kappa shape index (κ1) is 38.8. The molecule has 7 N–H and O–H groups in total. The van der Waals surface area contributed by atoms with Crippen molar-refractivity contribution >= 4 is 69.0 Å². The van der Waals surface area contributed by atoms with Crippen molar-refractivity contribution in [2.24, 2.45) is 0 Å². The summed E-state index contributed by atoms with van der Waals surface area (Å²) in [5.41, 5.74) is 10.9. The van der Waals surface area contributed by atoms with Gasteiger partial charge in [-0.25, -0.2) is 34.9 Å². The van der Waals surface area contributed by atoms with Gasteiger partial charge in [0, 0.05) is 95.5 Å². The molecule has 294 valence electrons. The fourth-order valence-corrected chi connectivity index (χ4v) is 8.83. The summed E-state index contributed by atoms with van der Waals surface area (Å²) in [7, 11) is 0. The lowest BCUT2D eigenvalue weighted by atomic mass is 10.2. The molecular formula is C35H44ClN17O2S. The zero-order valence-corrected chi connectivity index (χ0v) is 32.6. The molecular weight excluding hydrogens is 758 g/mol. The number of hydrogen-bond donors (Lipinski definition) is 5. The highest BCUT2D eigenvalue weighted by Gasteiger charge is 2.45. The number of halogens is 1. The molecule has 6 atom stereocenters. The molecule has 6 saturated heterocycles. The maximum atomic E-state index is 11.4. The zero-order chi connectivity index (χ0) is 39.3. The topological polar surface area (TPSA) is 249 Å². The molecule has 19 nitrogen and oxygen atoms in total. The minimum absolute atomic E-state index is 0.166. The molecule has 10 heterocycles. The fraction of sp³-hybridized carbons (Fsp3) is 0.486. The molecule has 0 saturated carbocycles. The lowest BCUT2D eigenvalue weighted by Gasteiger charge is -2.34. The van der Waals surface area contributed by atoms with Gasteiger partial charge in [0.15, 0.2) is 5.13 Å². The molecule has 0 unspecified atom stereocenters. The highest BCUT2D eigenvalue weighted by molar-refractivity contribution is 7.16. The predicted octanol–water partition coefficient (Wildman–Crippen LogP) is 1.26. The first-order chi connectivity index (χ1) is 27.0. The average Bonchev–Trinajstić information content (AvgIpc) is 4.05. The van der Waals surface area contributed by atoms with Crippen molar-refractivity contribution in [3.05, 3.63) is 53.4 Å². The summed E-state index contributed by atoms with van der Waals surface area (Å²) in [5, 5.41) is 19.8. The maximum absolute atomic E-state index is 11.4. The van der Waals surface area contributed by atoms with Crippen molar-refractivity contribution in [1.82, 2.24) is 55.3 Å². The second kappa shape index (κ2) is 17.1. The van der Waals surface area contributed by atoms with E-state index in [4.69, 9.17) is 28.3 Å². The number of nitrogen functional groups attached to an aromatic ring is 2. The van der Waals surface area contributed by atoms with E-state index in [0.717, 1.165) is 57.3 Å². The fourth-order valence-electron chi connectivity index (χ4n) is 8.05. The third-order valence-corrected chi connectivity index (χ3v) is 11.6. The number of nitrogens with one attached hydrogen (secondary N) is 3. The van der Waals surface area contributed by atoms with E-state index in [1.165, 1.54) is 42.9 Å². The number of rotatable bonds is 4. The average molecular weight is 802 g/mol. The smallest absolute Gasteiger partial charge is 0.219 e. The van der Waals surface area contributed by atoms with Crippen LogP contribution >= 0.6 is 22.9 Å². The summed E-state index contributed by atoms with van der Waals surface area (Å²) < 4.78 is 0. The number of carbonyl (C=O) groups excluding carboxylic acids is 2. The van der Waals surface area contributed by atoms with Gasteiger partial charge in [-0.05, 0) is 19.3 Å². The van der Waals surface area contributed by atoms with Crippen molar-refractivity contribution < 1.29 is 9.59 Å². The summed E-state index contributed by atoms with van der Waals surface area (Å²) in [6.07, 6.45) is 9.31. The van der Waals surface area contributed by atoms with Crippen molar-refractivity contribution in [2.75, 3.05) is 65.9 Å². The number of thiazole rings is 1. The van der Waals surface area contributed by atoms with E-state index >= 15 is 0 Å². The Morgan fingerprint density at radius 1 is 0.768 bits per heavy atom. The van der Waals surface area contributed by atoms with Crippen molar-refractivity contribution in [1.29, 1.82) is 5.26 Å². The third kappa shape index (κ3) is 9.13. The van der Waals surface area contributed by atoms with Crippen molar-refractivity contribution in [2.45, 2.75) is 69.4 Å². The molecule has 56 heavy (non-hydrogen) atoms. The van der Waals surface area contributed by atoms with Crippen LogP contribution in [0.2, 0.25) is 5.15 Å². The van der Waals surface area contributed by atoms with Crippen molar-refractivity contribution in [3.63, 3.8) is 0 Å². The van der Waals surface area contributed by atoms with Gasteiger partial charge in [-0.2, -0.15) is 5.26 Å². The zero-order valence-electron chi connectivity index (χ0n) is 31.0. The normalized spacial score (nSPS) is 24.8. The number of anilines is 6. The van der Waals surface area contributed by atoms with Crippen LogP contribution in [0.25, 0.3) is 0 Å². The number of nitrogens with zero attached hydrogens (tertiary/aromatic N) is 12. The van der Waals surface area contributed by atoms with Gasteiger partial charge < -0.3 is 47.0 Å². The Kier molecular flexibility index (Phi) is 11.8. The second-order valence-corrected chi connectivity index (χ2v) is 15.7. The van der Waals surface area contributed by atoms with E-state index < -0.39 is 0 Å². The van der Waals surface area contributed by atoms with E-state index in [1.807, 2.05) is 15.9 Å². The van der Waals surface area contributed by atoms with Gasteiger partial charge in [0.1, 0.15) is 64.2 Å². The molecule has 0 aromatic carbocycles. The number of carbonyl (C=O) groups is 2. The molecule has 21 heteroatoms. The standard InChI is InChI=1S/C13H13N7S.C11H15N5O.C7H12N2O.C4H4ClN3/c14-3-10-5-16-13(21-10)19-11-2-12(18-7-17-11)20-6-8-1-9(20)4-15-8;1-7(17)15-4-9-2-8(15)5-16(9)11-3-10(12)13-6-14-11;1-5(10)9-4-6-2-7(9)3-8-6;5-3-1-4(6)8-2-7-3/h2,5,7-9,15H,1,4,6H2,(H,16,17,18,19);3,6,8-9H,2,4-5H2,1H3,(H2,12,13,14);6-8H,2-4H2,1H3;1-2H,(H2,6,7,8)/t2*8-,9-;6-,7-;/m000./s1. The molecule has 6 bridgehead atoms. The van der Waals surface area contributed by atoms with E-state index in [2.05, 4.69) is 66.7 Å². The van der Waals surface area contributed by atoms with Crippen LogP contribution in [-0.4, -0.2) is 132 Å². The van der Waals surface area contributed by atoms with Gasteiger partial charge in [-0.3, -0.25) is 9.59 Å². The largest absolute Gasteiger partial charge is 0.384 e. The van der Waals surface area contributed by atoms with Crippen LogP contribution in [0.3, 0.4) is 0 Å². The Morgan fingerprint density at radius 2 is 1.39 bits per heavy atom. The third-order valence-electron chi connectivity index (χ3n) is 10.6. The Labute approximate surface area is 332 Å². The molecule has 0 radical (unpaired) electrons. The molecule has 4 aromatic heterocycles. The van der Waals surface area contributed by atoms with Gasteiger partial charge in [0.25, 0.3) is 0 Å². The lowest BCUT2D eigenvalue weighted by molar-refractivity contribution is -0.130.